The van der Waals surface area contributed by atoms with Gasteiger partial charge in [-0.25, -0.2) is 9.98 Å². The van der Waals surface area contributed by atoms with Crippen LogP contribution in [0.2, 0.25) is 0 Å². The summed E-state index contributed by atoms with van der Waals surface area (Å²) in [6.07, 6.45) is 3.82. The van der Waals surface area contributed by atoms with Crippen LogP contribution in [0.1, 0.15) is 27.0 Å². The van der Waals surface area contributed by atoms with Crippen LogP contribution in [0, 0.1) is 13.8 Å². The maximum atomic E-state index is 10.8. The van der Waals surface area contributed by atoms with E-state index in [4.69, 9.17) is 0 Å². The normalized spacial score (nSPS) is 10.8. The van der Waals surface area contributed by atoms with Gasteiger partial charge >= 0.3 is 0 Å². The molecule has 96 valence electrons. The van der Waals surface area contributed by atoms with Crippen LogP contribution in [-0.2, 0) is 0 Å². The average Bonchev–Trinajstić information content (AvgIpc) is 2.39. The Morgan fingerprint density at radius 2 is 1.89 bits per heavy atom. The Kier molecular flexibility index (Phi) is 3.71. The Balaban J connectivity index is 2.38. The predicted octanol–water partition coefficient (Wildman–Crippen LogP) is 2.97. The summed E-state index contributed by atoms with van der Waals surface area (Å²) in [7, 11) is 0. The second kappa shape index (κ2) is 5.44. The number of carbonyl (C=O) groups is 1. The molecule has 2 rings (SSSR count). The summed E-state index contributed by atoms with van der Waals surface area (Å²) in [4.78, 5) is 19.1. The number of pyridine rings is 1. The lowest BCUT2D eigenvalue weighted by Gasteiger charge is -2.03. The molecule has 1 N–H and O–H groups in total. The molecule has 4 nitrogen and oxygen atoms in total. The Hall–Kier alpha value is -2.49. The fraction of sp³-hybridized carbons (Fsp3) is 0.133. The van der Waals surface area contributed by atoms with Crippen molar-refractivity contribution >= 4 is 18.3 Å². The molecule has 0 bridgehead atoms. The molecular formula is C15H14N2O2. The first-order valence-electron chi connectivity index (χ1n) is 5.85. The molecule has 0 aliphatic heterocycles. The summed E-state index contributed by atoms with van der Waals surface area (Å²) in [5.41, 5.74) is 2.71. The molecule has 1 aromatic heterocycles. The molecule has 0 saturated carbocycles. The minimum Gasteiger partial charge on any atom is -0.507 e. The number of carbonyl (C=O) groups excluding carboxylic acids is 1. The van der Waals surface area contributed by atoms with Crippen LogP contribution in [0.15, 0.2) is 35.5 Å². The number of aldehydes is 1. The van der Waals surface area contributed by atoms with Gasteiger partial charge in [-0.2, -0.15) is 0 Å². The van der Waals surface area contributed by atoms with Gasteiger partial charge in [-0.15, -0.1) is 0 Å². The number of phenols is 1. The van der Waals surface area contributed by atoms with Gasteiger partial charge in [0.05, 0.1) is 5.56 Å². The zero-order valence-corrected chi connectivity index (χ0v) is 10.8. The van der Waals surface area contributed by atoms with E-state index in [2.05, 4.69) is 9.98 Å². The van der Waals surface area contributed by atoms with Crippen LogP contribution in [0.4, 0.5) is 5.82 Å². The molecule has 2 aromatic rings. The van der Waals surface area contributed by atoms with Crippen molar-refractivity contribution in [2.24, 2.45) is 4.99 Å². The summed E-state index contributed by atoms with van der Waals surface area (Å²) in [5, 5.41) is 9.90. The quantitative estimate of drug-likeness (QED) is 0.676. The first kappa shape index (κ1) is 13.0. The third-order valence-corrected chi connectivity index (χ3v) is 2.68. The third kappa shape index (κ3) is 3.04. The molecule has 0 unspecified atom stereocenters. The summed E-state index contributed by atoms with van der Waals surface area (Å²) in [5.74, 6) is 0.505. The SMILES string of the molecule is Cc1ccnc(N=Cc2cc(C)cc(C=O)c2O)c1. The standard InChI is InChI=1S/C15H14N2O2/c1-10-3-4-16-14(7-10)17-8-12-5-11(2)6-13(9-18)15(12)19/h3-9,19H,1-2H3. The zero-order chi connectivity index (χ0) is 13.8. The van der Waals surface area contributed by atoms with Crippen LogP contribution in [-0.4, -0.2) is 22.6 Å². The molecule has 0 radical (unpaired) electrons. The van der Waals surface area contributed by atoms with Gasteiger partial charge in [0, 0.05) is 18.0 Å². The van der Waals surface area contributed by atoms with Gasteiger partial charge in [-0.3, -0.25) is 4.79 Å². The van der Waals surface area contributed by atoms with E-state index in [1.54, 1.807) is 18.3 Å². The monoisotopic (exact) mass is 254 g/mol. The Labute approximate surface area is 111 Å². The fourth-order valence-corrected chi connectivity index (χ4v) is 1.75. The number of hydrogen-bond acceptors (Lipinski definition) is 4. The van der Waals surface area contributed by atoms with E-state index < -0.39 is 0 Å². The van der Waals surface area contributed by atoms with Gasteiger partial charge in [0.1, 0.15) is 5.75 Å². The lowest BCUT2D eigenvalue weighted by atomic mass is 10.1. The van der Waals surface area contributed by atoms with Gasteiger partial charge in [0.25, 0.3) is 0 Å². The van der Waals surface area contributed by atoms with Gasteiger partial charge in [0.2, 0.25) is 0 Å². The maximum absolute atomic E-state index is 10.8. The number of phenolic OH excluding ortho intramolecular Hbond substituents is 1. The largest absolute Gasteiger partial charge is 0.507 e. The van der Waals surface area contributed by atoms with Crippen molar-refractivity contribution < 1.29 is 9.90 Å². The molecular weight excluding hydrogens is 240 g/mol. The molecule has 0 aliphatic carbocycles. The van der Waals surface area contributed by atoms with Crippen LogP contribution in [0.5, 0.6) is 5.75 Å². The van der Waals surface area contributed by atoms with Crippen molar-refractivity contribution in [1.29, 1.82) is 0 Å². The van der Waals surface area contributed by atoms with Crippen LogP contribution in [0.3, 0.4) is 0 Å². The van der Waals surface area contributed by atoms with Crippen molar-refractivity contribution in [1.82, 2.24) is 4.98 Å². The van der Waals surface area contributed by atoms with Crippen molar-refractivity contribution in [2.75, 3.05) is 0 Å². The number of hydrogen-bond donors (Lipinski definition) is 1. The minimum atomic E-state index is -0.0583. The average molecular weight is 254 g/mol. The Bertz CT molecular complexity index is 649. The molecule has 19 heavy (non-hydrogen) atoms. The second-order valence-electron chi connectivity index (χ2n) is 4.36. The minimum absolute atomic E-state index is 0.0583. The number of aromatic nitrogens is 1. The smallest absolute Gasteiger partial charge is 0.153 e. The van der Waals surface area contributed by atoms with Gasteiger partial charge < -0.3 is 5.11 Å². The third-order valence-electron chi connectivity index (χ3n) is 2.68. The Morgan fingerprint density at radius 3 is 2.58 bits per heavy atom. The highest BCUT2D eigenvalue weighted by Crippen LogP contribution is 2.22. The lowest BCUT2D eigenvalue weighted by Crippen LogP contribution is -1.91. The number of nitrogens with zero attached hydrogens (tertiary/aromatic N) is 2. The molecule has 4 heteroatoms. The predicted molar refractivity (Wildman–Crippen MR) is 74.5 cm³/mol. The van der Waals surface area contributed by atoms with E-state index in [1.165, 1.54) is 6.21 Å². The molecule has 0 fully saturated rings. The second-order valence-corrected chi connectivity index (χ2v) is 4.36. The van der Waals surface area contributed by atoms with Gasteiger partial charge in [-0.1, -0.05) is 0 Å². The molecule has 1 heterocycles. The summed E-state index contributed by atoms with van der Waals surface area (Å²) in [6.45, 7) is 3.81. The van der Waals surface area contributed by atoms with Gasteiger partial charge in [0.15, 0.2) is 12.1 Å². The molecule has 0 atom stereocenters. The highest BCUT2D eigenvalue weighted by atomic mass is 16.3. The number of aromatic hydroxyl groups is 1. The molecule has 0 saturated heterocycles. The van der Waals surface area contributed by atoms with E-state index in [-0.39, 0.29) is 11.3 Å². The van der Waals surface area contributed by atoms with Crippen molar-refractivity contribution in [2.45, 2.75) is 13.8 Å². The number of aliphatic imine (C=N–C) groups is 1. The van der Waals surface area contributed by atoms with E-state index in [0.29, 0.717) is 17.7 Å². The Morgan fingerprint density at radius 1 is 1.16 bits per heavy atom. The molecule has 0 aliphatic rings. The summed E-state index contributed by atoms with van der Waals surface area (Å²) in [6, 6.07) is 7.11. The van der Waals surface area contributed by atoms with Crippen LogP contribution in [0.25, 0.3) is 0 Å². The van der Waals surface area contributed by atoms with E-state index >= 15 is 0 Å². The number of aryl methyl sites for hydroxylation is 2. The molecule has 0 amide bonds. The lowest BCUT2D eigenvalue weighted by molar-refractivity contribution is 0.112. The maximum Gasteiger partial charge on any atom is 0.153 e. The van der Waals surface area contributed by atoms with Crippen LogP contribution >= 0.6 is 0 Å². The highest BCUT2D eigenvalue weighted by molar-refractivity contribution is 5.91. The van der Waals surface area contributed by atoms with Crippen molar-refractivity contribution in [3.63, 3.8) is 0 Å². The van der Waals surface area contributed by atoms with E-state index in [0.717, 1.165) is 11.1 Å². The van der Waals surface area contributed by atoms with Crippen LogP contribution < -0.4 is 0 Å². The first-order valence-corrected chi connectivity index (χ1v) is 5.85. The highest BCUT2D eigenvalue weighted by Gasteiger charge is 2.06. The number of rotatable bonds is 3. The van der Waals surface area contributed by atoms with E-state index in [9.17, 15) is 9.90 Å². The topological polar surface area (TPSA) is 62.5 Å². The number of benzene rings is 1. The summed E-state index contributed by atoms with van der Waals surface area (Å²) < 4.78 is 0. The fourth-order valence-electron chi connectivity index (χ4n) is 1.75. The summed E-state index contributed by atoms with van der Waals surface area (Å²) >= 11 is 0. The van der Waals surface area contributed by atoms with E-state index in [1.807, 2.05) is 26.0 Å². The zero-order valence-electron chi connectivity index (χ0n) is 10.8. The van der Waals surface area contributed by atoms with Crippen molar-refractivity contribution in [3.05, 3.63) is 52.7 Å². The van der Waals surface area contributed by atoms with Gasteiger partial charge in [-0.05, 0) is 49.2 Å². The molecule has 1 aromatic carbocycles. The first-order chi connectivity index (χ1) is 9.10. The molecule has 0 spiro atoms. The van der Waals surface area contributed by atoms with Crippen molar-refractivity contribution in [3.8, 4) is 5.75 Å².